The maximum Gasteiger partial charge on any atom is 0.221 e. The number of hydrogen-bond donors (Lipinski definition) is 2. The van der Waals surface area contributed by atoms with Gasteiger partial charge in [0, 0.05) is 26.0 Å². The first-order valence-electron chi connectivity index (χ1n) is 12.8. The van der Waals surface area contributed by atoms with Crippen LogP contribution in [0.1, 0.15) is 64.5 Å². The highest BCUT2D eigenvalue weighted by Crippen LogP contribution is 2.37. The van der Waals surface area contributed by atoms with Crippen LogP contribution in [0.3, 0.4) is 0 Å². The molecule has 0 saturated carbocycles. The van der Waals surface area contributed by atoms with Gasteiger partial charge in [-0.1, -0.05) is 13.8 Å². The Morgan fingerprint density at radius 2 is 1.17 bits per heavy atom. The lowest BCUT2D eigenvalue weighted by atomic mass is 10.0. The average Bonchev–Trinajstić information content (AvgIpc) is 2.86. The summed E-state index contributed by atoms with van der Waals surface area (Å²) in [5, 5.41) is 5.63. The second-order valence-electron chi connectivity index (χ2n) is 8.88. The minimum absolute atomic E-state index is 0.0898. The third-order valence-electron chi connectivity index (χ3n) is 5.57. The van der Waals surface area contributed by atoms with Crippen LogP contribution in [-0.2, 0) is 22.4 Å². The molecule has 0 bridgehead atoms. The van der Waals surface area contributed by atoms with Crippen LogP contribution in [0, 0.1) is 0 Å². The molecule has 0 radical (unpaired) electrons. The average molecular weight is 499 g/mol. The summed E-state index contributed by atoms with van der Waals surface area (Å²) in [6.07, 6.45) is 5.85. The molecule has 0 unspecified atom stereocenters. The van der Waals surface area contributed by atoms with Gasteiger partial charge in [0.15, 0.2) is 0 Å². The first-order chi connectivity index (χ1) is 17.4. The lowest BCUT2D eigenvalue weighted by Gasteiger charge is -2.20. The zero-order valence-electron chi connectivity index (χ0n) is 21.8. The number of rotatable bonds is 8. The van der Waals surface area contributed by atoms with Crippen LogP contribution in [0.4, 0.5) is 11.4 Å². The molecule has 2 N–H and O–H groups in total. The Labute approximate surface area is 213 Å². The predicted octanol–water partition coefficient (Wildman–Crippen LogP) is 5.52. The maximum absolute atomic E-state index is 11.2. The van der Waals surface area contributed by atoms with Crippen molar-refractivity contribution >= 4 is 23.2 Å². The van der Waals surface area contributed by atoms with Gasteiger partial charge in [0.1, 0.15) is 23.0 Å². The molecule has 0 aromatic heterocycles. The molecule has 8 nitrogen and oxygen atoms in total. The van der Waals surface area contributed by atoms with Gasteiger partial charge in [-0.2, -0.15) is 0 Å². The van der Waals surface area contributed by atoms with Crippen LogP contribution in [0.2, 0.25) is 0 Å². The highest BCUT2D eigenvalue weighted by molar-refractivity contribution is 5.91. The molecule has 2 aliphatic rings. The Kier molecular flexibility index (Phi) is 10.3. The molecule has 36 heavy (non-hydrogen) atoms. The van der Waals surface area contributed by atoms with Crippen molar-refractivity contribution in [1.29, 1.82) is 0 Å². The van der Waals surface area contributed by atoms with Crippen molar-refractivity contribution in [3.05, 3.63) is 35.4 Å². The summed E-state index contributed by atoms with van der Waals surface area (Å²) >= 11 is 0. The number of anilines is 2. The molecule has 2 aliphatic heterocycles. The highest BCUT2D eigenvalue weighted by atomic mass is 16.5. The fourth-order valence-corrected chi connectivity index (χ4v) is 4.00. The Bertz CT molecular complexity index is 969. The van der Waals surface area contributed by atoms with Crippen molar-refractivity contribution in [3.63, 3.8) is 0 Å². The first kappa shape index (κ1) is 27.2. The van der Waals surface area contributed by atoms with E-state index in [0.717, 1.165) is 85.7 Å². The molecule has 2 amide bonds. The molecule has 8 heteroatoms. The SMILES string of the molecule is CCCOc1cc2c(cc1NC(C)=O)CCCO2.CCCOc1cc2c(cc1NC(C)=O)CCCO2. The largest absolute Gasteiger partial charge is 0.493 e. The normalized spacial score (nSPS) is 13.4. The molecule has 2 heterocycles. The van der Waals surface area contributed by atoms with Gasteiger partial charge in [-0.3, -0.25) is 9.59 Å². The molecule has 4 rings (SSSR count). The Morgan fingerprint density at radius 3 is 1.53 bits per heavy atom. The van der Waals surface area contributed by atoms with E-state index in [2.05, 4.69) is 10.6 Å². The summed E-state index contributed by atoms with van der Waals surface area (Å²) in [6.45, 7) is 9.86. The van der Waals surface area contributed by atoms with E-state index in [1.807, 2.05) is 38.1 Å². The number of carbonyl (C=O) groups is 2. The van der Waals surface area contributed by atoms with Crippen molar-refractivity contribution in [2.75, 3.05) is 37.1 Å². The summed E-state index contributed by atoms with van der Waals surface area (Å²) in [5.74, 6) is 2.95. The summed E-state index contributed by atoms with van der Waals surface area (Å²) in [7, 11) is 0. The van der Waals surface area contributed by atoms with E-state index < -0.39 is 0 Å². The predicted molar refractivity (Wildman–Crippen MR) is 141 cm³/mol. The minimum Gasteiger partial charge on any atom is -0.493 e. The number of nitrogens with one attached hydrogen (secondary N) is 2. The van der Waals surface area contributed by atoms with E-state index in [9.17, 15) is 9.59 Å². The topological polar surface area (TPSA) is 95.1 Å². The second kappa shape index (κ2) is 13.6. The van der Waals surface area contributed by atoms with E-state index >= 15 is 0 Å². The Hall–Kier alpha value is -3.42. The molecule has 2 aromatic rings. The van der Waals surface area contributed by atoms with Gasteiger partial charge < -0.3 is 29.6 Å². The highest BCUT2D eigenvalue weighted by Gasteiger charge is 2.17. The van der Waals surface area contributed by atoms with Gasteiger partial charge in [0.2, 0.25) is 11.8 Å². The molecule has 0 spiro atoms. The second-order valence-corrected chi connectivity index (χ2v) is 8.88. The molecular formula is C28H38N2O6. The van der Waals surface area contributed by atoms with Crippen molar-refractivity contribution in [2.45, 2.75) is 66.2 Å². The van der Waals surface area contributed by atoms with Crippen LogP contribution in [0.5, 0.6) is 23.0 Å². The summed E-state index contributed by atoms with van der Waals surface area (Å²) < 4.78 is 22.5. The van der Waals surface area contributed by atoms with Gasteiger partial charge in [0.05, 0.1) is 37.8 Å². The Balaban J connectivity index is 0.000000201. The number of fused-ring (bicyclic) bond motifs is 2. The number of ether oxygens (including phenoxy) is 4. The smallest absolute Gasteiger partial charge is 0.221 e. The van der Waals surface area contributed by atoms with Gasteiger partial charge >= 0.3 is 0 Å². The molecule has 0 atom stereocenters. The van der Waals surface area contributed by atoms with E-state index in [1.54, 1.807) is 0 Å². The summed E-state index contributed by atoms with van der Waals surface area (Å²) in [5.41, 5.74) is 3.74. The monoisotopic (exact) mass is 498 g/mol. The van der Waals surface area contributed by atoms with Crippen LogP contribution >= 0.6 is 0 Å². The summed E-state index contributed by atoms with van der Waals surface area (Å²) in [6, 6.07) is 7.69. The van der Waals surface area contributed by atoms with Crippen LogP contribution < -0.4 is 29.6 Å². The van der Waals surface area contributed by atoms with Gasteiger partial charge in [0.25, 0.3) is 0 Å². The Morgan fingerprint density at radius 1 is 0.750 bits per heavy atom. The number of hydrogen-bond acceptors (Lipinski definition) is 6. The van der Waals surface area contributed by atoms with E-state index in [1.165, 1.54) is 13.8 Å². The van der Waals surface area contributed by atoms with Crippen LogP contribution in [-0.4, -0.2) is 38.2 Å². The molecule has 0 aliphatic carbocycles. The first-order valence-corrected chi connectivity index (χ1v) is 12.8. The third-order valence-corrected chi connectivity index (χ3v) is 5.57. The standard InChI is InChI=1S/2C14H19NO3/c2*1-3-6-17-14-9-13-11(5-4-7-18-13)8-12(14)15-10(2)16/h2*8-9H,3-7H2,1-2H3,(H,15,16). The number of aryl methyl sites for hydroxylation is 2. The minimum atomic E-state index is -0.0898. The van der Waals surface area contributed by atoms with Crippen molar-refractivity contribution in [3.8, 4) is 23.0 Å². The molecule has 2 aromatic carbocycles. The zero-order chi connectivity index (χ0) is 25.9. The van der Waals surface area contributed by atoms with Gasteiger partial charge in [-0.05, 0) is 61.8 Å². The maximum atomic E-state index is 11.2. The van der Waals surface area contributed by atoms with Crippen molar-refractivity contribution in [1.82, 2.24) is 0 Å². The quantitative estimate of drug-likeness (QED) is 0.498. The lowest BCUT2D eigenvalue weighted by molar-refractivity contribution is -0.115. The van der Waals surface area contributed by atoms with E-state index in [-0.39, 0.29) is 11.8 Å². The molecule has 0 saturated heterocycles. The zero-order valence-corrected chi connectivity index (χ0v) is 21.8. The number of carbonyl (C=O) groups excluding carboxylic acids is 2. The number of amides is 2. The fourth-order valence-electron chi connectivity index (χ4n) is 4.00. The third kappa shape index (κ3) is 7.80. The fraction of sp³-hybridized carbons (Fsp3) is 0.500. The van der Waals surface area contributed by atoms with Crippen LogP contribution in [0.15, 0.2) is 24.3 Å². The molecule has 196 valence electrons. The lowest BCUT2D eigenvalue weighted by Crippen LogP contribution is -2.12. The van der Waals surface area contributed by atoms with E-state index in [4.69, 9.17) is 18.9 Å². The molecule has 0 fully saturated rings. The van der Waals surface area contributed by atoms with Crippen molar-refractivity contribution in [2.24, 2.45) is 0 Å². The van der Waals surface area contributed by atoms with Crippen LogP contribution in [0.25, 0.3) is 0 Å². The van der Waals surface area contributed by atoms with Gasteiger partial charge in [-0.15, -0.1) is 0 Å². The van der Waals surface area contributed by atoms with E-state index in [0.29, 0.717) is 24.7 Å². The molecular weight excluding hydrogens is 460 g/mol. The number of benzene rings is 2. The van der Waals surface area contributed by atoms with Gasteiger partial charge in [-0.25, -0.2) is 0 Å². The van der Waals surface area contributed by atoms with Crippen molar-refractivity contribution < 1.29 is 28.5 Å². The summed E-state index contributed by atoms with van der Waals surface area (Å²) in [4.78, 5) is 22.4.